The fraction of sp³-hybridized carbons (Fsp3) is 0.568. The molecule has 0 radical (unpaired) electrons. The Hall–Kier alpha value is -3.20. The maximum absolute atomic E-state index is 6.22. The smallest absolute Gasteiger partial charge is 0.163 e. The largest absolute Gasteiger partial charge is 0.493 e. The Morgan fingerprint density at radius 1 is 1.00 bits per heavy atom. The van der Waals surface area contributed by atoms with Crippen molar-refractivity contribution in [1.29, 1.82) is 0 Å². The molecule has 0 unspecified atom stereocenters. The number of halogens is 1. The predicted octanol–water partition coefficient (Wildman–Crippen LogP) is 8.87. The predicted molar refractivity (Wildman–Crippen MR) is 185 cm³/mol. The van der Waals surface area contributed by atoms with Crippen LogP contribution < -0.4 is 14.8 Å². The fourth-order valence-electron chi connectivity index (χ4n) is 8.99. The Labute approximate surface area is 281 Å². The summed E-state index contributed by atoms with van der Waals surface area (Å²) in [6.07, 6.45) is 16.6. The zero-order valence-corrected chi connectivity index (χ0v) is 29.1. The molecule has 4 saturated carbocycles. The molecule has 46 heavy (non-hydrogen) atoms. The van der Waals surface area contributed by atoms with Crippen molar-refractivity contribution in [2.45, 2.75) is 97.1 Å². The van der Waals surface area contributed by atoms with Gasteiger partial charge in [-0.3, -0.25) is 4.68 Å². The maximum Gasteiger partial charge on any atom is 0.163 e. The number of anilines is 1. The molecule has 2 heterocycles. The SMILES string of the molecule is COc1cc2c(N[C@H](C)c3cccc(Br)c3)nc(C)nc2cc1OCCCCCn1cc(CCC23CC4CC(CC(C4)C2)C3)nn1. The summed E-state index contributed by atoms with van der Waals surface area (Å²) >= 11 is 3.58. The van der Waals surface area contributed by atoms with Crippen molar-refractivity contribution in [2.24, 2.45) is 23.2 Å². The highest BCUT2D eigenvalue weighted by Crippen LogP contribution is 2.61. The van der Waals surface area contributed by atoms with Gasteiger partial charge in [0.15, 0.2) is 11.5 Å². The van der Waals surface area contributed by atoms with E-state index in [2.05, 4.69) is 56.8 Å². The average Bonchev–Trinajstić information content (AvgIpc) is 3.48. The van der Waals surface area contributed by atoms with Crippen LogP contribution in [-0.2, 0) is 13.0 Å². The summed E-state index contributed by atoms with van der Waals surface area (Å²) in [5.74, 6) is 5.91. The standard InChI is InChI=1S/C37H47BrN6O2/c1-24(29-8-7-9-30(38)17-29)39-36-32-18-34(45-3)35(19-33(32)40-25(2)41-36)46-13-6-4-5-12-44-23-31(42-43-44)10-11-37-20-26-14-27(21-37)16-28(15-26)22-37/h7-9,17-19,23-24,26-28H,4-6,10-16,20-22H2,1-3H3,(H,39,40,41)/t24-,26?,27?,28?,37?/m1/s1. The monoisotopic (exact) mass is 686 g/mol. The first-order valence-electron chi connectivity index (χ1n) is 17.2. The molecule has 0 amide bonds. The van der Waals surface area contributed by atoms with E-state index in [-0.39, 0.29) is 6.04 Å². The van der Waals surface area contributed by atoms with Gasteiger partial charge in [-0.15, -0.1) is 5.10 Å². The number of benzene rings is 2. The molecule has 4 aliphatic rings. The van der Waals surface area contributed by atoms with Crippen molar-refractivity contribution >= 4 is 32.7 Å². The number of nitrogens with one attached hydrogen (secondary N) is 1. The maximum atomic E-state index is 6.22. The number of aryl methyl sites for hydroxylation is 3. The van der Waals surface area contributed by atoms with E-state index in [4.69, 9.17) is 19.4 Å². The lowest BCUT2D eigenvalue weighted by atomic mass is 9.48. The van der Waals surface area contributed by atoms with E-state index >= 15 is 0 Å². The Kier molecular flexibility index (Phi) is 9.21. The van der Waals surface area contributed by atoms with Gasteiger partial charge in [-0.05, 0) is 131 Å². The molecule has 8 rings (SSSR count). The number of hydrogen-bond donors (Lipinski definition) is 1. The Morgan fingerprint density at radius 3 is 2.52 bits per heavy atom. The van der Waals surface area contributed by atoms with E-state index in [1.54, 1.807) is 7.11 Å². The molecular formula is C37H47BrN6O2. The highest BCUT2D eigenvalue weighted by Gasteiger charge is 2.50. The van der Waals surface area contributed by atoms with Crippen molar-refractivity contribution in [3.05, 3.63) is 64.1 Å². The van der Waals surface area contributed by atoms with E-state index in [0.717, 1.165) is 71.2 Å². The van der Waals surface area contributed by atoms with E-state index in [9.17, 15) is 0 Å². The molecule has 8 nitrogen and oxygen atoms in total. The molecule has 4 aromatic rings. The van der Waals surface area contributed by atoms with Gasteiger partial charge in [0.25, 0.3) is 0 Å². The van der Waals surface area contributed by atoms with Crippen molar-refractivity contribution < 1.29 is 9.47 Å². The Morgan fingerprint density at radius 2 is 1.78 bits per heavy atom. The number of fused-ring (bicyclic) bond motifs is 1. The molecule has 0 spiro atoms. The number of unbranched alkanes of at least 4 members (excludes halogenated alkanes) is 2. The van der Waals surface area contributed by atoms with E-state index in [1.807, 2.05) is 35.9 Å². The summed E-state index contributed by atoms with van der Waals surface area (Å²) in [5, 5.41) is 13.5. The van der Waals surface area contributed by atoms with Gasteiger partial charge in [0, 0.05) is 28.7 Å². The number of rotatable bonds is 14. The number of hydrogen-bond acceptors (Lipinski definition) is 7. The minimum Gasteiger partial charge on any atom is -0.493 e. The molecule has 1 atom stereocenters. The second-order valence-corrected chi connectivity index (χ2v) is 15.3. The summed E-state index contributed by atoms with van der Waals surface area (Å²) in [6.45, 7) is 5.56. The van der Waals surface area contributed by atoms with Gasteiger partial charge >= 0.3 is 0 Å². The zero-order chi connectivity index (χ0) is 31.7. The minimum atomic E-state index is 0.0625. The molecule has 9 heteroatoms. The molecule has 2 aromatic heterocycles. The summed E-state index contributed by atoms with van der Waals surface area (Å²) in [7, 11) is 1.68. The lowest BCUT2D eigenvalue weighted by Gasteiger charge is -2.57. The Bertz CT molecular complexity index is 1640. The van der Waals surface area contributed by atoms with Crippen LogP contribution in [0.4, 0.5) is 5.82 Å². The van der Waals surface area contributed by atoms with Crippen LogP contribution in [-0.4, -0.2) is 38.7 Å². The number of nitrogens with zero attached hydrogens (tertiary/aromatic N) is 5. The molecule has 244 valence electrons. The van der Waals surface area contributed by atoms with Crippen LogP contribution >= 0.6 is 15.9 Å². The fourth-order valence-corrected chi connectivity index (χ4v) is 9.40. The molecule has 0 saturated heterocycles. The third kappa shape index (κ3) is 7.04. The van der Waals surface area contributed by atoms with Crippen molar-refractivity contribution in [2.75, 3.05) is 19.0 Å². The summed E-state index contributed by atoms with van der Waals surface area (Å²) in [6, 6.07) is 12.3. The second kappa shape index (κ2) is 13.5. The van der Waals surface area contributed by atoms with Gasteiger partial charge < -0.3 is 14.8 Å². The molecule has 4 bridgehead atoms. The van der Waals surface area contributed by atoms with Gasteiger partial charge in [-0.2, -0.15) is 0 Å². The normalized spacial score (nSPS) is 24.0. The lowest BCUT2D eigenvalue weighted by molar-refractivity contribution is -0.0570. The number of ether oxygens (including phenoxy) is 2. The van der Waals surface area contributed by atoms with Gasteiger partial charge in [-0.25, -0.2) is 9.97 Å². The van der Waals surface area contributed by atoms with E-state index < -0.39 is 0 Å². The summed E-state index contributed by atoms with van der Waals surface area (Å²) in [4.78, 5) is 9.43. The van der Waals surface area contributed by atoms with Crippen molar-refractivity contribution in [1.82, 2.24) is 25.0 Å². The van der Waals surface area contributed by atoms with Crippen LogP contribution in [0.15, 0.2) is 47.1 Å². The van der Waals surface area contributed by atoms with E-state index in [0.29, 0.717) is 29.3 Å². The van der Waals surface area contributed by atoms with Crippen LogP contribution in [0.5, 0.6) is 11.5 Å². The third-order valence-corrected chi connectivity index (χ3v) is 11.2. The first-order valence-corrected chi connectivity index (χ1v) is 18.0. The second-order valence-electron chi connectivity index (χ2n) is 14.4. The highest BCUT2D eigenvalue weighted by atomic mass is 79.9. The zero-order valence-electron chi connectivity index (χ0n) is 27.5. The highest BCUT2D eigenvalue weighted by molar-refractivity contribution is 9.10. The van der Waals surface area contributed by atoms with Gasteiger partial charge in [0.1, 0.15) is 11.6 Å². The van der Waals surface area contributed by atoms with Crippen molar-refractivity contribution in [3.63, 3.8) is 0 Å². The average molecular weight is 688 g/mol. The van der Waals surface area contributed by atoms with Crippen LogP contribution in [0.2, 0.25) is 0 Å². The van der Waals surface area contributed by atoms with Crippen molar-refractivity contribution in [3.8, 4) is 11.5 Å². The Balaban J connectivity index is 0.890. The molecule has 0 aliphatic heterocycles. The minimum absolute atomic E-state index is 0.0625. The molecule has 4 aliphatic carbocycles. The van der Waals surface area contributed by atoms with Crippen LogP contribution in [0.3, 0.4) is 0 Å². The first kappa shape index (κ1) is 31.4. The molecular weight excluding hydrogens is 640 g/mol. The molecule has 1 N–H and O–H groups in total. The number of methoxy groups -OCH3 is 1. The molecule has 4 fully saturated rings. The van der Waals surface area contributed by atoms with Crippen LogP contribution in [0.25, 0.3) is 10.9 Å². The number of aromatic nitrogens is 5. The molecule has 2 aromatic carbocycles. The quantitative estimate of drug-likeness (QED) is 0.133. The lowest BCUT2D eigenvalue weighted by Crippen LogP contribution is -2.46. The van der Waals surface area contributed by atoms with Gasteiger partial charge in [-0.1, -0.05) is 33.3 Å². The topological polar surface area (TPSA) is 87.0 Å². The van der Waals surface area contributed by atoms with Gasteiger partial charge in [0.05, 0.1) is 31.0 Å². The third-order valence-electron chi connectivity index (χ3n) is 10.7. The van der Waals surface area contributed by atoms with Crippen LogP contribution in [0, 0.1) is 30.1 Å². The van der Waals surface area contributed by atoms with Gasteiger partial charge in [0.2, 0.25) is 0 Å². The van der Waals surface area contributed by atoms with Crippen LogP contribution in [0.1, 0.15) is 94.3 Å². The summed E-state index contributed by atoms with van der Waals surface area (Å²) in [5.41, 5.74) is 3.78. The van der Waals surface area contributed by atoms with E-state index in [1.165, 1.54) is 56.2 Å². The first-order chi connectivity index (χ1) is 22.3. The summed E-state index contributed by atoms with van der Waals surface area (Å²) < 4.78 is 15.0.